The van der Waals surface area contributed by atoms with Crippen molar-refractivity contribution in [1.29, 1.82) is 0 Å². The van der Waals surface area contributed by atoms with Crippen molar-refractivity contribution >= 4 is 17.5 Å². The lowest BCUT2D eigenvalue weighted by Crippen LogP contribution is -2.16. The van der Waals surface area contributed by atoms with Crippen molar-refractivity contribution in [3.63, 3.8) is 0 Å². The van der Waals surface area contributed by atoms with Gasteiger partial charge in [-0.3, -0.25) is 14.9 Å². The van der Waals surface area contributed by atoms with Crippen LogP contribution in [0.1, 0.15) is 38.6 Å². The van der Waals surface area contributed by atoms with E-state index in [1.807, 2.05) is 13.8 Å². The molecule has 0 aliphatic heterocycles. The van der Waals surface area contributed by atoms with Crippen LogP contribution in [0, 0.1) is 19.7 Å². The molecule has 7 nitrogen and oxygen atoms in total. The van der Waals surface area contributed by atoms with Crippen LogP contribution in [0.5, 0.6) is 0 Å². The number of hydrogen-bond donors (Lipinski definition) is 3. The Labute approximate surface area is 203 Å². The van der Waals surface area contributed by atoms with Crippen molar-refractivity contribution in [2.45, 2.75) is 32.9 Å². The Kier molecular flexibility index (Phi) is 6.73. The first kappa shape index (κ1) is 24.8. The zero-order chi connectivity index (χ0) is 26.0. The molecule has 0 atom stereocenters. The predicted molar refractivity (Wildman–Crippen MR) is 126 cm³/mol. The molecule has 2 aromatic heterocycles. The van der Waals surface area contributed by atoms with Crippen molar-refractivity contribution < 1.29 is 22.4 Å². The molecular weight excluding hydrogens is 476 g/mol. The number of anilines is 2. The third-order valence-corrected chi connectivity index (χ3v) is 5.58. The monoisotopic (exact) mass is 498 g/mol. The number of halogens is 4. The molecule has 0 fully saturated rings. The first-order valence-corrected chi connectivity index (χ1v) is 10.9. The average Bonchev–Trinajstić information content (AvgIpc) is 3.26. The molecule has 0 spiro atoms. The largest absolute Gasteiger partial charge is 0.417 e. The average molecular weight is 498 g/mol. The molecule has 4 aromatic rings. The molecule has 2 heterocycles. The van der Waals surface area contributed by atoms with Gasteiger partial charge >= 0.3 is 6.18 Å². The number of alkyl halides is 3. The molecular formula is C25H22F4N6O. The fourth-order valence-electron chi connectivity index (χ4n) is 3.89. The third kappa shape index (κ3) is 5.35. The Hall–Kier alpha value is -4.28. The summed E-state index contributed by atoms with van der Waals surface area (Å²) in [6, 6.07) is 8.53. The van der Waals surface area contributed by atoms with Gasteiger partial charge in [-0.15, -0.1) is 0 Å². The number of nitrogens with zero attached hydrogens (tertiary/aromatic N) is 3. The highest BCUT2D eigenvalue weighted by atomic mass is 19.4. The van der Waals surface area contributed by atoms with E-state index < -0.39 is 23.5 Å². The summed E-state index contributed by atoms with van der Waals surface area (Å²) in [6.07, 6.45) is -2.60. The summed E-state index contributed by atoms with van der Waals surface area (Å²) in [7, 11) is 0. The van der Waals surface area contributed by atoms with Gasteiger partial charge in [0.15, 0.2) is 11.6 Å². The van der Waals surface area contributed by atoms with E-state index in [2.05, 4.69) is 25.5 Å². The zero-order valence-corrected chi connectivity index (χ0v) is 19.4. The zero-order valence-electron chi connectivity index (χ0n) is 19.4. The third-order valence-electron chi connectivity index (χ3n) is 5.58. The second kappa shape index (κ2) is 9.76. The quantitative estimate of drug-likeness (QED) is 0.301. The van der Waals surface area contributed by atoms with Gasteiger partial charge in [-0.1, -0.05) is 12.1 Å². The molecule has 4 rings (SSSR count). The van der Waals surface area contributed by atoms with Gasteiger partial charge in [-0.25, -0.2) is 9.37 Å². The fourth-order valence-corrected chi connectivity index (χ4v) is 3.89. The lowest BCUT2D eigenvalue weighted by atomic mass is 9.91. The van der Waals surface area contributed by atoms with Crippen molar-refractivity contribution in [3.05, 3.63) is 88.3 Å². The van der Waals surface area contributed by atoms with Crippen molar-refractivity contribution in [3.8, 4) is 11.1 Å². The number of aryl methyl sites for hydroxylation is 4. The molecule has 0 radical (unpaired) electrons. The molecule has 0 aliphatic rings. The Morgan fingerprint density at radius 2 is 1.89 bits per heavy atom. The molecule has 0 aliphatic carbocycles. The molecule has 0 saturated heterocycles. The minimum atomic E-state index is -4.73. The van der Waals surface area contributed by atoms with Gasteiger partial charge in [-0.2, -0.15) is 18.3 Å². The number of rotatable bonds is 7. The molecule has 2 aromatic carbocycles. The van der Waals surface area contributed by atoms with E-state index in [1.165, 1.54) is 18.2 Å². The van der Waals surface area contributed by atoms with Crippen molar-refractivity contribution in [2.75, 3.05) is 5.32 Å². The van der Waals surface area contributed by atoms with Crippen molar-refractivity contribution in [1.82, 2.24) is 20.2 Å². The molecule has 11 heteroatoms. The smallest absolute Gasteiger partial charge is 0.366 e. The summed E-state index contributed by atoms with van der Waals surface area (Å²) in [5.74, 6) is -0.545. The fraction of sp³-hybridized carbons (Fsp3) is 0.200. The number of H-pyrrole nitrogens is 1. The maximum Gasteiger partial charge on any atom is 0.417 e. The topological polar surface area (TPSA) is 110 Å². The number of aromatic nitrogens is 4. The first-order chi connectivity index (χ1) is 17.0. The Bertz CT molecular complexity index is 1430. The molecule has 36 heavy (non-hydrogen) atoms. The summed E-state index contributed by atoms with van der Waals surface area (Å²) < 4.78 is 55.6. The minimum absolute atomic E-state index is 0.0495. The Morgan fingerprint density at radius 1 is 1.11 bits per heavy atom. The summed E-state index contributed by atoms with van der Waals surface area (Å²) in [5.41, 5.74) is 6.05. The van der Waals surface area contributed by atoms with E-state index in [1.54, 1.807) is 12.3 Å². The summed E-state index contributed by atoms with van der Waals surface area (Å²) in [5, 5.41) is 10.1. The normalized spacial score (nSPS) is 11.5. The van der Waals surface area contributed by atoms with Crippen LogP contribution in [0.15, 0.2) is 48.7 Å². The maximum absolute atomic E-state index is 14.6. The van der Waals surface area contributed by atoms with Gasteiger partial charge in [-0.05, 0) is 62.1 Å². The van der Waals surface area contributed by atoms with Gasteiger partial charge < -0.3 is 11.1 Å². The predicted octanol–water partition coefficient (Wildman–Crippen LogP) is 5.27. The summed E-state index contributed by atoms with van der Waals surface area (Å²) in [4.78, 5) is 20.5. The molecule has 0 unspecified atom stereocenters. The van der Waals surface area contributed by atoms with E-state index >= 15 is 0 Å². The van der Waals surface area contributed by atoms with Crippen LogP contribution in [0.3, 0.4) is 0 Å². The number of primary amides is 1. The van der Waals surface area contributed by atoms with Gasteiger partial charge in [0.25, 0.3) is 0 Å². The van der Waals surface area contributed by atoms with E-state index in [9.17, 15) is 22.4 Å². The lowest BCUT2D eigenvalue weighted by Gasteiger charge is -2.17. The van der Waals surface area contributed by atoms with Gasteiger partial charge in [0.05, 0.1) is 23.1 Å². The van der Waals surface area contributed by atoms with Gasteiger partial charge in [0.1, 0.15) is 5.82 Å². The number of hydrogen-bond acceptors (Lipinski definition) is 5. The van der Waals surface area contributed by atoms with E-state index in [4.69, 9.17) is 5.73 Å². The number of nitrogens with one attached hydrogen (secondary N) is 2. The number of aromatic amines is 1. The SMILES string of the molecule is Cc1cnc(Nc2cc(CCc3cc(-c4c(C(N)=O)cccc4C(F)(F)F)ccc3F)[nH]n2)c(C)n1. The van der Waals surface area contributed by atoms with Gasteiger partial charge in [0, 0.05) is 22.9 Å². The number of benzene rings is 2. The summed E-state index contributed by atoms with van der Waals surface area (Å²) in [6.45, 7) is 3.65. The van der Waals surface area contributed by atoms with Crippen LogP contribution in [0.2, 0.25) is 0 Å². The van der Waals surface area contributed by atoms with Crippen LogP contribution in [-0.2, 0) is 19.0 Å². The highest BCUT2D eigenvalue weighted by molar-refractivity contribution is 6.00. The number of nitrogens with two attached hydrogens (primary N) is 1. The molecule has 1 amide bonds. The van der Waals surface area contributed by atoms with Gasteiger partial charge in [0.2, 0.25) is 5.91 Å². The standard InChI is InChI=1S/C25H22F4N6O/c1-13-12-31-24(14(2)32-13)33-21-11-17(34-35-21)8-6-15-10-16(7-9-20(15)26)22-18(23(30)36)4-3-5-19(22)25(27,28)29/h3-5,7,9-12H,6,8H2,1-2H3,(H2,30,36)(H2,31,33,34,35). The van der Waals surface area contributed by atoms with E-state index in [0.29, 0.717) is 29.4 Å². The molecule has 0 saturated carbocycles. The minimum Gasteiger partial charge on any atom is -0.366 e. The summed E-state index contributed by atoms with van der Waals surface area (Å²) >= 11 is 0. The van der Waals surface area contributed by atoms with Crippen molar-refractivity contribution in [2.24, 2.45) is 5.73 Å². The van der Waals surface area contributed by atoms with E-state index in [0.717, 1.165) is 23.9 Å². The molecule has 0 bridgehead atoms. The van der Waals surface area contributed by atoms with Crippen LogP contribution < -0.4 is 11.1 Å². The number of carbonyl (C=O) groups excluding carboxylic acids is 1. The molecule has 4 N–H and O–H groups in total. The molecule has 186 valence electrons. The Morgan fingerprint density at radius 3 is 2.58 bits per heavy atom. The lowest BCUT2D eigenvalue weighted by molar-refractivity contribution is -0.137. The Balaban J connectivity index is 1.58. The second-order valence-electron chi connectivity index (χ2n) is 8.25. The van der Waals surface area contributed by atoms with Crippen LogP contribution >= 0.6 is 0 Å². The second-order valence-corrected chi connectivity index (χ2v) is 8.25. The maximum atomic E-state index is 14.6. The van der Waals surface area contributed by atoms with Crippen LogP contribution in [0.4, 0.5) is 29.2 Å². The highest BCUT2D eigenvalue weighted by Gasteiger charge is 2.35. The number of amides is 1. The van der Waals surface area contributed by atoms with Crippen LogP contribution in [0.25, 0.3) is 11.1 Å². The first-order valence-electron chi connectivity index (χ1n) is 10.9. The number of carbonyl (C=O) groups is 1. The van der Waals surface area contributed by atoms with E-state index in [-0.39, 0.29) is 28.7 Å². The van der Waals surface area contributed by atoms with Crippen LogP contribution in [-0.4, -0.2) is 26.1 Å². The highest BCUT2D eigenvalue weighted by Crippen LogP contribution is 2.39.